The number of nitrogens with two attached hydrogens (primary N) is 1. The molecule has 1 rings (SSSR count). The molecule has 0 bridgehead atoms. The first kappa shape index (κ1) is 9.86. The normalized spacial score (nSPS) is 9.92. The number of nitrogen functional groups attached to an aromatic ring is 1. The molecule has 1 aromatic rings. The molecule has 0 aliphatic rings. The Bertz CT molecular complexity index is 289. The molecular formula is C8H9Br2NO. The maximum atomic E-state index is 5.67. The van der Waals surface area contributed by atoms with E-state index in [1.165, 1.54) is 0 Å². The third-order valence-corrected chi connectivity index (χ3v) is 2.66. The molecule has 2 nitrogen and oxygen atoms in total. The number of halogens is 2. The largest absolute Gasteiger partial charge is 0.493 e. The quantitative estimate of drug-likeness (QED) is 0.850. The molecule has 66 valence electrons. The number of ether oxygens (including phenoxy) is 1. The van der Waals surface area contributed by atoms with Crippen molar-refractivity contribution in [3.8, 4) is 5.75 Å². The van der Waals surface area contributed by atoms with Crippen LogP contribution in [0.1, 0.15) is 6.92 Å². The van der Waals surface area contributed by atoms with Crippen LogP contribution in [0.5, 0.6) is 5.75 Å². The Balaban J connectivity index is 3.05. The topological polar surface area (TPSA) is 35.2 Å². The van der Waals surface area contributed by atoms with Crippen molar-refractivity contribution < 1.29 is 4.74 Å². The molecule has 0 saturated heterocycles. The molecular weight excluding hydrogens is 286 g/mol. The molecule has 0 atom stereocenters. The molecule has 2 N–H and O–H groups in total. The van der Waals surface area contributed by atoms with Crippen LogP contribution in [0, 0.1) is 0 Å². The number of hydrogen-bond donors (Lipinski definition) is 1. The van der Waals surface area contributed by atoms with Crippen LogP contribution in [0.15, 0.2) is 21.1 Å². The van der Waals surface area contributed by atoms with Gasteiger partial charge in [0.25, 0.3) is 0 Å². The van der Waals surface area contributed by atoms with Crippen molar-refractivity contribution in [2.75, 3.05) is 12.3 Å². The molecule has 0 aliphatic carbocycles. The van der Waals surface area contributed by atoms with Crippen molar-refractivity contribution in [1.29, 1.82) is 0 Å². The van der Waals surface area contributed by atoms with E-state index in [2.05, 4.69) is 31.9 Å². The van der Waals surface area contributed by atoms with Crippen LogP contribution in [-0.2, 0) is 0 Å². The van der Waals surface area contributed by atoms with Crippen molar-refractivity contribution >= 4 is 37.5 Å². The summed E-state index contributed by atoms with van der Waals surface area (Å²) in [6.45, 7) is 2.57. The second-order valence-electron chi connectivity index (χ2n) is 2.24. The third kappa shape index (κ3) is 2.14. The summed E-state index contributed by atoms with van der Waals surface area (Å²) in [4.78, 5) is 0. The number of benzene rings is 1. The van der Waals surface area contributed by atoms with Gasteiger partial charge < -0.3 is 10.5 Å². The van der Waals surface area contributed by atoms with Gasteiger partial charge in [0, 0.05) is 16.2 Å². The zero-order valence-corrected chi connectivity index (χ0v) is 9.78. The summed E-state index contributed by atoms with van der Waals surface area (Å²) in [5.41, 5.74) is 6.35. The van der Waals surface area contributed by atoms with E-state index in [1.807, 2.05) is 13.0 Å². The van der Waals surface area contributed by atoms with Crippen molar-refractivity contribution in [3.63, 3.8) is 0 Å². The first-order chi connectivity index (χ1) is 5.65. The highest BCUT2D eigenvalue weighted by Gasteiger charge is 2.04. The summed E-state index contributed by atoms with van der Waals surface area (Å²) < 4.78 is 7.11. The van der Waals surface area contributed by atoms with Gasteiger partial charge in [0.15, 0.2) is 0 Å². The van der Waals surface area contributed by atoms with Crippen LogP contribution >= 0.6 is 31.9 Å². The number of rotatable bonds is 2. The summed E-state index contributed by atoms with van der Waals surface area (Å²) in [5.74, 6) is 0.776. The van der Waals surface area contributed by atoms with Gasteiger partial charge in [-0.2, -0.15) is 0 Å². The molecule has 0 amide bonds. The Hall–Kier alpha value is -0.220. The lowest BCUT2D eigenvalue weighted by Gasteiger charge is -2.07. The smallest absolute Gasteiger partial charge is 0.135 e. The van der Waals surface area contributed by atoms with Gasteiger partial charge in [0.1, 0.15) is 5.75 Å². The Morgan fingerprint density at radius 2 is 2.00 bits per heavy atom. The lowest BCUT2D eigenvalue weighted by Crippen LogP contribution is -1.94. The van der Waals surface area contributed by atoms with Crippen molar-refractivity contribution in [3.05, 3.63) is 21.1 Å². The van der Waals surface area contributed by atoms with E-state index >= 15 is 0 Å². The first-order valence-corrected chi connectivity index (χ1v) is 5.11. The van der Waals surface area contributed by atoms with Crippen LogP contribution in [0.4, 0.5) is 5.69 Å². The van der Waals surface area contributed by atoms with Gasteiger partial charge in [-0.15, -0.1) is 0 Å². The monoisotopic (exact) mass is 293 g/mol. The van der Waals surface area contributed by atoms with Crippen LogP contribution < -0.4 is 10.5 Å². The third-order valence-electron chi connectivity index (χ3n) is 1.35. The molecule has 0 saturated carbocycles. The maximum Gasteiger partial charge on any atom is 0.135 e. The van der Waals surface area contributed by atoms with Crippen molar-refractivity contribution in [1.82, 2.24) is 0 Å². The highest BCUT2D eigenvalue weighted by Crippen LogP contribution is 2.32. The summed E-state index contributed by atoms with van der Waals surface area (Å²) in [6, 6.07) is 3.66. The molecule has 0 heterocycles. The van der Waals surface area contributed by atoms with Crippen LogP contribution in [0.3, 0.4) is 0 Å². The van der Waals surface area contributed by atoms with Gasteiger partial charge in [-0.05, 0) is 44.8 Å². The van der Waals surface area contributed by atoms with Gasteiger partial charge in [-0.3, -0.25) is 0 Å². The van der Waals surface area contributed by atoms with E-state index in [0.717, 1.165) is 14.7 Å². The van der Waals surface area contributed by atoms with Crippen molar-refractivity contribution in [2.45, 2.75) is 6.92 Å². The van der Waals surface area contributed by atoms with Gasteiger partial charge in [0.05, 0.1) is 11.1 Å². The second kappa shape index (κ2) is 4.14. The van der Waals surface area contributed by atoms with E-state index in [4.69, 9.17) is 10.5 Å². The maximum absolute atomic E-state index is 5.67. The average Bonchev–Trinajstić information content (AvgIpc) is 2.01. The standard InChI is InChI=1S/C8H9Br2NO/c1-2-12-8-4-7(11)5(9)3-6(8)10/h3-4H,2,11H2,1H3. The van der Waals surface area contributed by atoms with E-state index in [1.54, 1.807) is 6.07 Å². The fraction of sp³-hybridized carbons (Fsp3) is 0.250. The highest BCUT2D eigenvalue weighted by molar-refractivity contribution is 9.11. The van der Waals surface area contributed by atoms with Gasteiger partial charge >= 0.3 is 0 Å². The average molecular weight is 295 g/mol. The molecule has 0 spiro atoms. The molecule has 0 radical (unpaired) electrons. The first-order valence-electron chi connectivity index (χ1n) is 3.52. The second-order valence-corrected chi connectivity index (χ2v) is 3.95. The molecule has 0 aliphatic heterocycles. The summed E-state index contributed by atoms with van der Waals surface area (Å²) in [7, 11) is 0. The van der Waals surface area contributed by atoms with Gasteiger partial charge in [-0.1, -0.05) is 0 Å². The van der Waals surface area contributed by atoms with E-state index in [0.29, 0.717) is 12.3 Å². The van der Waals surface area contributed by atoms with Crippen LogP contribution in [0.25, 0.3) is 0 Å². The summed E-state index contributed by atoms with van der Waals surface area (Å²) in [5, 5.41) is 0. The number of anilines is 1. The van der Waals surface area contributed by atoms with E-state index < -0.39 is 0 Å². The zero-order chi connectivity index (χ0) is 9.14. The SMILES string of the molecule is CCOc1cc(N)c(Br)cc1Br. The Morgan fingerprint density at radius 3 is 2.58 bits per heavy atom. The lowest BCUT2D eigenvalue weighted by molar-refractivity contribution is 0.338. The fourth-order valence-corrected chi connectivity index (χ4v) is 1.92. The minimum absolute atomic E-state index is 0.639. The van der Waals surface area contributed by atoms with E-state index in [-0.39, 0.29) is 0 Å². The predicted molar refractivity (Wildman–Crippen MR) is 57.4 cm³/mol. The molecule has 0 aromatic heterocycles. The minimum atomic E-state index is 0.639. The summed E-state index contributed by atoms with van der Waals surface area (Å²) in [6.07, 6.45) is 0. The molecule has 12 heavy (non-hydrogen) atoms. The zero-order valence-electron chi connectivity index (χ0n) is 6.60. The Morgan fingerprint density at radius 1 is 1.33 bits per heavy atom. The Kier molecular flexibility index (Phi) is 3.40. The highest BCUT2D eigenvalue weighted by atomic mass is 79.9. The molecule has 0 fully saturated rings. The summed E-state index contributed by atoms with van der Waals surface area (Å²) >= 11 is 6.69. The van der Waals surface area contributed by atoms with Crippen LogP contribution in [-0.4, -0.2) is 6.61 Å². The predicted octanol–water partition coefficient (Wildman–Crippen LogP) is 3.19. The van der Waals surface area contributed by atoms with E-state index in [9.17, 15) is 0 Å². The molecule has 4 heteroatoms. The van der Waals surface area contributed by atoms with Gasteiger partial charge in [-0.25, -0.2) is 0 Å². The lowest BCUT2D eigenvalue weighted by atomic mass is 10.3. The fourth-order valence-electron chi connectivity index (χ4n) is 0.811. The minimum Gasteiger partial charge on any atom is -0.493 e. The molecule has 0 unspecified atom stereocenters. The van der Waals surface area contributed by atoms with Gasteiger partial charge in [0.2, 0.25) is 0 Å². The number of hydrogen-bond acceptors (Lipinski definition) is 2. The Labute approximate surface area is 88.3 Å². The van der Waals surface area contributed by atoms with Crippen molar-refractivity contribution in [2.24, 2.45) is 0 Å². The molecule has 1 aromatic carbocycles. The van der Waals surface area contributed by atoms with Crippen LogP contribution in [0.2, 0.25) is 0 Å².